The Kier molecular flexibility index (Phi) is 4.62. The van der Waals surface area contributed by atoms with Crippen molar-refractivity contribution < 1.29 is 14.3 Å². The minimum Gasteiger partial charge on any atom is -0.454 e. The molecule has 1 heterocycles. The van der Waals surface area contributed by atoms with Crippen LogP contribution in [0.5, 0.6) is 11.5 Å². The molecule has 3 rings (SSSR count). The van der Waals surface area contributed by atoms with Gasteiger partial charge in [-0.25, -0.2) is 0 Å². The number of rotatable bonds is 5. The number of aryl methyl sites for hydroxylation is 1. The molecule has 0 aliphatic carbocycles. The van der Waals surface area contributed by atoms with Crippen LogP contribution in [0.4, 0.5) is 0 Å². The Morgan fingerprint density at radius 3 is 2.74 bits per heavy atom. The standard InChI is InChI=1S/C19H19NO3/c1-14-2-4-15(5-3-14)7-9-19(21)20-11-10-16-6-8-17-18(12-16)23-13-22-17/h2-9,12H,10-11,13H2,1H3,(H,20,21)/b9-7+. The van der Waals surface area contributed by atoms with Gasteiger partial charge >= 0.3 is 0 Å². The smallest absolute Gasteiger partial charge is 0.244 e. The number of amides is 1. The number of hydrogen-bond donors (Lipinski definition) is 1. The molecule has 0 fully saturated rings. The van der Waals surface area contributed by atoms with Crippen molar-refractivity contribution in [2.45, 2.75) is 13.3 Å². The van der Waals surface area contributed by atoms with Crippen LogP contribution in [0.3, 0.4) is 0 Å². The van der Waals surface area contributed by atoms with Gasteiger partial charge in [-0.05, 0) is 42.7 Å². The molecule has 0 bridgehead atoms. The Balaban J connectivity index is 1.46. The zero-order valence-corrected chi connectivity index (χ0v) is 13.0. The Morgan fingerprint density at radius 2 is 1.91 bits per heavy atom. The van der Waals surface area contributed by atoms with E-state index in [1.807, 2.05) is 55.5 Å². The third-order valence-corrected chi connectivity index (χ3v) is 3.65. The molecule has 4 nitrogen and oxygen atoms in total. The van der Waals surface area contributed by atoms with Crippen LogP contribution in [0.15, 0.2) is 48.5 Å². The van der Waals surface area contributed by atoms with E-state index in [1.165, 1.54) is 5.56 Å². The maximum atomic E-state index is 11.8. The number of hydrogen-bond acceptors (Lipinski definition) is 3. The van der Waals surface area contributed by atoms with Crippen LogP contribution in [-0.2, 0) is 11.2 Å². The van der Waals surface area contributed by atoms with E-state index in [0.29, 0.717) is 6.54 Å². The van der Waals surface area contributed by atoms with Crippen molar-refractivity contribution in [2.75, 3.05) is 13.3 Å². The van der Waals surface area contributed by atoms with Crippen molar-refractivity contribution in [3.63, 3.8) is 0 Å². The average Bonchev–Trinajstić information content (AvgIpc) is 3.02. The molecule has 0 unspecified atom stereocenters. The van der Waals surface area contributed by atoms with Crippen molar-refractivity contribution in [2.24, 2.45) is 0 Å². The largest absolute Gasteiger partial charge is 0.454 e. The fourth-order valence-corrected chi connectivity index (χ4v) is 2.33. The molecule has 1 amide bonds. The van der Waals surface area contributed by atoms with Gasteiger partial charge in [0.25, 0.3) is 0 Å². The van der Waals surface area contributed by atoms with E-state index in [1.54, 1.807) is 6.08 Å². The maximum absolute atomic E-state index is 11.8. The van der Waals surface area contributed by atoms with E-state index in [4.69, 9.17) is 9.47 Å². The molecule has 0 spiro atoms. The van der Waals surface area contributed by atoms with Gasteiger partial charge in [-0.15, -0.1) is 0 Å². The minimum atomic E-state index is -0.0914. The molecule has 0 radical (unpaired) electrons. The summed E-state index contributed by atoms with van der Waals surface area (Å²) in [7, 11) is 0. The Hall–Kier alpha value is -2.75. The number of nitrogens with one attached hydrogen (secondary N) is 1. The van der Waals surface area contributed by atoms with Crippen LogP contribution >= 0.6 is 0 Å². The van der Waals surface area contributed by atoms with E-state index >= 15 is 0 Å². The zero-order chi connectivity index (χ0) is 16.1. The highest BCUT2D eigenvalue weighted by Crippen LogP contribution is 2.32. The van der Waals surface area contributed by atoms with Crippen LogP contribution in [0, 0.1) is 6.92 Å². The van der Waals surface area contributed by atoms with Crippen molar-refractivity contribution in [3.8, 4) is 11.5 Å². The lowest BCUT2D eigenvalue weighted by Crippen LogP contribution is -2.23. The topological polar surface area (TPSA) is 47.6 Å². The first-order valence-corrected chi connectivity index (χ1v) is 7.62. The number of carbonyl (C=O) groups is 1. The average molecular weight is 309 g/mol. The number of carbonyl (C=O) groups excluding carboxylic acids is 1. The monoisotopic (exact) mass is 309 g/mol. The van der Waals surface area contributed by atoms with Crippen molar-refractivity contribution >= 4 is 12.0 Å². The van der Waals surface area contributed by atoms with Gasteiger partial charge in [0.1, 0.15) is 0 Å². The highest BCUT2D eigenvalue weighted by molar-refractivity contribution is 5.91. The third-order valence-electron chi connectivity index (χ3n) is 3.65. The summed E-state index contributed by atoms with van der Waals surface area (Å²) >= 11 is 0. The maximum Gasteiger partial charge on any atom is 0.244 e. The lowest BCUT2D eigenvalue weighted by molar-refractivity contribution is -0.116. The van der Waals surface area contributed by atoms with Gasteiger partial charge in [-0.2, -0.15) is 0 Å². The lowest BCUT2D eigenvalue weighted by Gasteiger charge is -2.04. The molecule has 0 aromatic heterocycles. The summed E-state index contributed by atoms with van der Waals surface area (Å²) < 4.78 is 10.6. The van der Waals surface area contributed by atoms with E-state index < -0.39 is 0 Å². The second kappa shape index (κ2) is 7.01. The van der Waals surface area contributed by atoms with E-state index in [9.17, 15) is 4.79 Å². The molecule has 4 heteroatoms. The predicted octanol–water partition coefficient (Wildman–Crippen LogP) is 3.10. The van der Waals surface area contributed by atoms with Gasteiger partial charge in [0.15, 0.2) is 11.5 Å². The van der Waals surface area contributed by atoms with Crippen molar-refractivity contribution in [1.82, 2.24) is 5.32 Å². The Bertz CT molecular complexity index is 720. The fourth-order valence-electron chi connectivity index (χ4n) is 2.33. The van der Waals surface area contributed by atoms with E-state index in [2.05, 4.69) is 5.32 Å². The molecule has 0 saturated carbocycles. The molecule has 2 aromatic carbocycles. The summed E-state index contributed by atoms with van der Waals surface area (Å²) in [5.74, 6) is 1.46. The van der Waals surface area contributed by atoms with Gasteiger partial charge in [0.2, 0.25) is 12.7 Å². The first-order valence-electron chi connectivity index (χ1n) is 7.62. The normalized spacial score (nSPS) is 12.6. The summed E-state index contributed by atoms with van der Waals surface area (Å²) in [6, 6.07) is 13.9. The van der Waals surface area contributed by atoms with E-state index in [0.717, 1.165) is 29.0 Å². The van der Waals surface area contributed by atoms with Crippen LogP contribution in [0.1, 0.15) is 16.7 Å². The lowest BCUT2D eigenvalue weighted by atomic mass is 10.1. The zero-order valence-electron chi connectivity index (χ0n) is 13.0. The first-order chi connectivity index (χ1) is 11.2. The van der Waals surface area contributed by atoms with Gasteiger partial charge < -0.3 is 14.8 Å². The number of ether oxygens (including phenoxy) is 2. The summed E-state index contributed by atoms with van der Waals surface area (Å²) in [5, 5.41) is 2.88. The quantitative estimate of drug-likeness (QED) is 0.863. The molecule has 2 aromatic rings. The molecule has 1 aliphatic rings. The number of benzene rings is 2. The highest BCUT2D eigenvalue weighted by Gasteiger charge is 2.12. The van der Waals surface area contributed by atoms with Crippen molar-refractivity contribution in [1.29, 1.82) is 0 Å². The summed E-state index contributed by atoms with van der Waals surface area (Å²) in [5.41, 5.74) is 3.33. The Labute approximate surface area is 135 Å². The summed E-state index contributed by atoms with van der Waals surface area (Å²) in [6.45, 7) is 2.90. The highest BCUT2D eigenvalue weighted by atomic mass is 16.7. The van der Waals surface area contributed by atoms with Crippen molar-refractivity contribution in [3.05, 3.63) is 65.2 Å². The van der Waals surface area contributed by atoms with Crippen LogP contribution in [0.25, 0.3) is 6.08 Å². The Morgan fingerprint density at radius 1 is 1.13 bits per heavy atom. The van der Waals surface area contributed by atoms with Crippen LogP contribution in [-0.4, -0.2) is 19.2 Å². The second-order valence-electron chi connectivity index (χ2n) is 5.47. The molecule has 0 atom stereocenters. The van der Waals surface area contributed by atoms with Crippen LogP contribution < -0.4 is 14.8 Å². The summed E-state index contributed by atoms with van der Waals surface area (Å²) in [6.07, 6.45) is 4.13. The van der Waals surface area contributed by atoms with E-state index in [-0.39, 0.29) is 12.7 Å². The second-order valence-corrected chi connectivity index (χ2v) is 5.47. The molecule has 1 aliphatic heterocycles. The van der Waals surface area contributed by atoms with Gasteiger partial charge in [-0.3, -0.25) is 4.79 Å². The predicted molar refractivity (Wildman–Crippen MR) is 89.5 cm³/mol. The first kappa shape index (κ1) is 15.2. The van der Waals surface area contributed by atoms with Gasteiger partial charge in [-0.1, -0.05) is 35.9 Å². The third kappa shape index (κ3) is 4.13. The molecular weight excluding hydrogens is 290 g/mol. The molecule has 1 N–H and O–H groups in total. The van der Waals surface area contributed by atoms with Crippen LogP contribution in [0.2, 0.25) is 0 Å². The van der Waals surface area contributed by atoms with Gasteiger partial charge in [0, 0.05) is 12.6 Å². The molecular formula is C19H19NO3. The van der Waals surface area contributed by atoms with Gasteiger partial charge in [0.05, 0.1) is 0 Å². The minimum absolute atomic E-state index is 0.0914. The molecule has 23 heavy (non-hydrogen) atoms. The molecule has 118 valence electrons. The molecule has 0 saturated heterocycles. The fraction of sp³-hybridized carbons (Fsp3) is 0.211. The SMILES string of the molecule is Cc1ccc(/C=C/C(=O)NCCc2ccc3c(c2)OCO3)cc1. The summed E-state index contributed by atoms with van der Waals surface area (Å²) in [4.78, 5) is 11.8. The number of fused-ring (bicyclic) bond motifs is 1.